The van der Waals surface area contributed by atoms with Crippen molar-refractivity contribution < 1.29 is 14.4 Å². The number of para-hydroxylation sites is 1. The van der Waals surface area contributed by atoms with Gasteiger partial charge in [0.25, 0.3) is 0 Å². The number of fused-ring (bicyclic) bond motifs is 1. The van der Waals surface area contributed by atoms with Crippen molar-refractivity contribution in [2.24, 2.45) is 0 Å². The Labute approximate surface area is 107 Å². The molecule has 0 unspecified atom stereocenters. The van der Waals surface area contributed by atoms with Gasteiger partial charge in [-0.05, 0) is 12.1 Å². The van der Waals surface area contributed by atoms with Gasteiger partial charge in [-0.25, -0.2) is 4.79 Å². The Balaban J connectivity index is 2.09. The van der Waals surface area contributed by atoms with Gasteiger partial charge in [-0.15, -0.1) is 0 Å². The Hall–Kier alpha value is -2.70. The topological polar surface area (TPSA) is 95.2 Å². The predicted octanol–water partition coefficient (Wildman–Crippen LogP) is 0.822. The first-order valence-electron chi connectivity index (χ1n) is 5.74. The molecule has 0 radical (unpaired) electrons. The Kier molecular flexibility index (Phi) is 2.52. The SMILES string of the molecule is O=Cc1cccc2c(N3CCC(=O)NC3=O)n[nH]c12. The third kappa shape index (κ3) is 1.75. The van der Waals surface area contributed by atoms with Gasteiger partial charge in [0.05, 0.1) is 5.52 Å². The minimum absolute atomic E-state index is 0.230. The molecule has 7 heteroatoms. The zero-order chi connectivity index (χ0) is 13.4. The second kappa shape index (κ2) is 4.20. The van der Waals surface area contributed by atoms with E-state index in [0.29, 0.717) is 22.3 Å². The maximum atomic E-state index is 11.8. The van der Waals surface area contributed by atoms with Crippen molar-refractivity contribution in [3.05, 3.63) is 23.8 Å². The van der Waals surface area contributed by atoms with E-state index >= 15 is 0 Å². The summed E-state index contributed by atoms with van der Waals surface area (Å²) in [6.07, 6.45) is 0.956. The van der Waals surface area contributed by atoms with Crippen molar-refractivity contribution in [2.75, 3.05) is 11.4 Å². The van der Waals surface area contributed by atoms with Crippen LogP contribution in [-0.2, 0) is 4.79 Å². The van der Waals surface area contributed by atoms with Crippen LogP contribution in [0, 0.1) is 0 Å². The van der Waals surface area contributed by atoms with E-state index in [1.165, 1.54) is 4.90 Å². The van der Waals surface area contributed by atoms with Crippen molar-refractivity contribution in [3.8, 4) is 0 Å². The molecular formula is C12H10N4O3. The summed E-state index contributed by atoms with van der Waals surface area (Å²) in [6, 6.07) is 4.65. The number of H-pyrrole nitrogens is 1. The van der Waals surface area contributed by atoms with Crippen LogP contribution < -0.4 is 10.2 Å². The van der Waals surface area contributed by atoms with Gasteiger partial charge in [0.1, 0.15) is 0 Å². The number of aldehydes is 1. The second-order valence-corrected chi connectivity index (χ2v) is 4.19. The molecule has 2 heterocycles. The minimum atomic E-state index is -0.499. The molecule has 1 aliphatic heterocycles. The molecule has 2 aromatic rings. The lowest BCUT2D eigenvalue weighted by molar-refractivity contribution is -0.120. The number of imide groups is 1. The molecule has 0 bridgehead atoms. The van der Waals surface area contributed by atoms with Crippen LogP contribution in [0.2, 0.25) is 0 Å². The van der Waals surface area contributed by atoms with Crippen LogP contribution in [0.4, 0.5) is 10.6 Å². The number of aromatic amines is 1. The highest BCUT2D eigenvalue weighted by atomic mass is 16.2. The van der Waals surface area contributed by atoms with Crippen LogP contribution in [0.25, 0.3) is 10.9 Å². The smallest absolute Gasteiger partial charge is 0.298 e. The molecule has 3 amide bonds. The summed E-state index contributed by atoms with van der Waals surface area (Å²) in [7, 11) is 0. The molecule has 3 rings (SSSR count). The van der Waals surface area contributed by atoms with E-state index < -0.39 is 6.03 Å². The lowest BCUT2D eigenvalue weighted by atomic mass is 10.1. The number of nitrogens with zero attached hydrogens (tertiary/aromatic N) is 2. The highest BCUT2D eigenvalue weighted by Gasteiger charge is 2.27. The third-order valence-electron chi connectivity index (χ3n) is 3.05. The lowest BCUT2D eigenvalue weighted by Crippen LogP contribution is -2.49. The summed E-state index contributed by atoms with van der Waals surface area (Å²) in [5.41, 5.74) is 1.06. The Morgan fingerprint density at radius 2 is 2.16 bits per heavy atom. The largest absolute Gasteiger partial charge is 0.329 e. The maximum Gasteiger partial charge on any atom is 0.329 e. The highest BCUT2D eigenvalue weighted by molar-refractivity contribution is 6.10. The van der Waals surface area contributed by atoms with Crippen LogP contribution in [0.1, 0.15) is 16.8 Å². The summed E-state index contributed by atoms with van der Waals surface area (Å²) in [6.45, 7) is 0.274. The molecule has 0 atom stereocenters. The van der Waals surface area contributed by atoms with Crippen molar-refractivity contribution in [1.29, 1.82) is 0 Å². The molecular weight excluding hydrogens is 248 g/mol. The van der Waals surface area contributed by atoms with Crippen LogP contribution in [0.15, 0.2) is 18.2 Å². The number of carbonyl (C=O) groups is 3. The zero-order valence-corrected chi connectivity index (χ0v) is 9.84. The minimum Gasteiger partial charge on any atom is -0.298 e. The molecule has 0 aliphatic carbocycles. The molecule has 1 aromatic heterocycles. The van der Waals surface area contributed by atoms with Crippen LogP contribution >= 0.6 is 0 Å². The first-order valence-corrected chi connectivity index (χ1v) is 5.74. The number of rotatable bonds is 2. The van der Waals surface area contributed by atoms with E-state index in [0.717, 1.165) is 6.29 Å². The summed E-state index contributed by atoms with van der Waals surface area (Å²) in [4.78, 5) is 35.2. The van der Waals surface area contributed by atoms with Gasteiger partial charge in [0.15, 0.2) is 12.1 Å². The molecule has 0 spiro atoms. The monoisotopic (exact) mass is 258 g/mol. The van der Waals surface area contributed by atoms with E-state index in [1.807, 2.05) is 0 Å². The number of aromatic nitrogens is 2. The molecule has 7 nitrogen and oxygen atoms in total. The van der Waals surface area contributed by atoms with E-state index in [4.69, 9.17) is 0 Å². The van der Waals surface area contributed by atoms with Crippen molar-refractivity contribution >= 4 is 34.9 Å². The van der Waals surface area contributed by atoms with Crippen LogP contribution in [-0.4, -0.2) is 35.0 Å². The normalized spacial score (nSPS) is 15.7. The molecule has 96 valence electrons. The molecule has 0 saturated carbocycles. The highest BCUT2D eigenvalue weighted by Crippen LogP contribution is 2.26. The average Bonchev–Trinajstić information content (AvgIpc) is 2.82. The van der Waals surface area contributed by atoms with Crippen molar-refractivity contribution in [2.45, 2.75) is 6.42 Å². The first kappa shape index (κ1) is 11.4. The molecule has 1 saturated heterocycles. The number of urea groups is 1. The first-order chi connectivity index (χ1) is 9.20. The summed E-state index contributed by atoms with van der Waals surface area (Å²) >= 11 is 0. The van der Waals surface area contributed by atoms with E-state index in [2.05, 4.69) is 15.5 Å². The maximum absolute atomic E-state index is 11.8. The van der Waals surface area contributed by atoms with E-state index in [1.54, 1.807) is 18.2 Å². The number of hydrogen-bond acceptors (Lipinski definition) is 4. The molecule has 2 N–H and O–H groups in total. The van der Waals surface area contributed by atoms with E-state index in [9.17, 15) is 14.4 Å². The second-order valence-electron chi connectivity index (χ2n) is 4.19. The average molecular weight is 258 g/mol. The molecule has 19 heavy (non-hydrogen) atoms. The van der Waals surface area contributed by atoms with Gasteiger partial charge in [-0.2, -0.15) is 5.10 Å². The fraction of sp³-hybridized carbons (Fsp3) is 0.167. The van der Waals surface area contributed by atoms with Crippen LogP contribution in [0.3, 0.4) is 0 Å². The van der Waals surface area contributed by atoms with Gasteiger partial charge in [0.2, 0.25) is 5.91 Å². The van der Waals surface area contributed by atoms with Gasteiger partial charge < -0.3 is 0 Å². The van der Waals surface area contributed by atoms with Crippen molar-refractivity contribution in [1.82, 2.24) is 15.5 Å². The Morgan fingerprint density at radius 1 is 1.32 bits per heavy atom. The molecule has 1 aliphatic rings. The molecule has 1 fully saturated rings. The van der Waals surface area contributed by atoms with Gasteiger partial charge in [-0.1, -0.05) is 6.07 Å². The Bertz CT molecular complexity index is 691. The van der Waals surface area contributed by atoms with Crippen molar-refractivity contribution in [3.63, 3.8) is 0 Å². The lowest BCUT2D eigenvalue weighted by Gasteiger charge is -2.24. The van der Waals surface area contributed by atoms with Gasteiger partial charge >= 0.3 is 6.03 Å². The van der Waals surface area contributed by atoms with Gasteiger partial charge in [-0.3, -0.25) is 24.9 Å². The number of anilines is 1. The van der Waals surface area contributed by atoms with Gasteiger partial charge in [0, 0.05) is 23.9 Å². The summed E-state index contributed by atoms with van der Waals surface area (Å²) in [5.74, 6) is 0.123. The predicted molar refractivity (Wildman–Crippen MR) is 67.0 cm³/mol. The fourth-order valence-electron chi connectivity index (χ4n) is 2.12. The zero-order valence-electron chi connectivity index (χ0n) is 9.84. The number of nitrogens with one attached hydrogen (secondary N) is 2. The quantitative estimate of drug-likeness (QED) is 0.779. The number of hydrogen-bond donors (Lipinski definition) is 2. The summed E-state index contributed by atoms with van der Waals surface area (Å²) in [5, 5.41) is 9.73. The fourth-order valence-corrected chi connectivity index (χ4v) is 2.12. The van der Waals surface area contributed by atoms with Crippen LogP contribution in [0.5, 0.6) is 0 Å². The number of amides is 3. The summed E-state index contributed by atoms with van der Waals surface area (Å²) < 4.78 is 0. The third-order valence-corrected chi connectivity index (χ3v) is 3.05. The molecule has 1 aromatic carbocycles. The Morgan fingerprint density at radius 3 is 2.89 bits per heavy atom. The van der Waals surface area contributed by atoms with E-state index in [-0.39, 0.29) is 18.9 Å². The number of carbonyl (C=O) groups excluding carboxylic acids is 3. The number of benzene rings is 1. The standard InChI is InChI=1S/C12H10N4O3/c17-6-7-2-1-3-8-10(7)14-15-11(8)16-5-4-9(18)13-12(16)19/h1-3,6H,4-5H2,(H,14,15)(H,13,18,19).